The first kappa shape index (κ1) is 19.5. The van der Waals surface area contributed by atoms with E-state index in [1.54, 1.807) is 18.2 Å². The Labute approximate surface area is 139 Å². The molecule has 130 valence electrons. The van der Waals surface area contributed by atoms with E-state index < -0.39 is 10.1 Å². The molecule has 5 nitrogen and oxygen atoms in total. The largest absolute Gasteiger partial charge is 0.383 e. The fraction of sp³-hybridized carbons (Fsp3) is 0.588. The van der Waals surface area contributed by atoms with Crippen molar-refractivity contribution >= 4 is 16.0 Å². The van der Waals surface area contributed by atoms with Gasteiger partial charge in [-0.1, -0.05) is 39.8 Å². The molecular weight excluding hydrogens is 314 g/mol. The van der Waals surface area contributed by atoms with Crippen LogP contribution in [0.3, 0.4) is 0 Å². The number of amides is 1. The van der Waals surface area contributed by atoms with Gasteiger partial charge in [-0.2, -0.15) is 8.42 Å². The molecule has 0 spiro atoms. The van der Waals surface area contributed by atoms with Gasteiger partial charge in [-0.3, -0.25) is 4.79 Å². The van der Waals surface area contributed by atoms with Gasteiger partial charge in [-0.25, -0.2) is 0 Å². The minimum atomic E-state index is -3.55. The molecule has 0 aliphatic rings. The van der Waals surface area contributed by atoms with Crippen LogP contribution in [0, 0.1) is 11.8 Å². The second kappa shape index (κ2) is 8.34. The van der Waals surface area contributed by atoms with E-state index in [-0.39, 0.29) is 11.7 Å². The van der Waals surface area contributed by atoms with Gasteiger partial charge in [0.15, 0.2) is 0 Å². The Bertz CT molecular complexity index is 623. The number of hydrogen-bond donors (Lipinski definition) is 0. The number of rotatable bonds is 8. The first-order valence-corrected chi connectivity index (χ1v) is 9.64. The lowest BCUT2D eigenvalue weighted by atomic mass is 10.1. The van der Waals surface area contributed by atoms with Gasteiger partial charge < -0.3 is 9.08 Å². The summed E-state index contributed by atoms with van der Waals surface area (Å²) < 4.78 is 27.3. The van der Waals surface area contributed by atoms with Crippen LogP contribution >= 0.6 is 0 Å². The molecule has 6 heteroatoms. The summed E-state index contributed by atoms with van der Waals surface area (Å²) in [6, 6.07) is 6.85. The second-order valence-corrected chi connectivity index (χ2v) is 8.28. The molecule has 0 bridgehead atoms. The molecule has 1 aromatic rings. The highest BCUT2D eigenvalue weighted by Crippen LogP contribution is 2.18. The van der Waals surface area contributed by atoms with Gasteiger partial charge in [0.2, 0.25) is 5.91 Å². The van der Waals surface area contributed by atoms with Crippen LogP contribution in [0.2, 0.25) is 0 Å². The topological polar surface area (TPSA) is 63.7 Å². The number of hydrogen-bond acceptors (Lipinski definition) is 4. The average molecular weight is 341 g/mol. The normalized spacial score (nSPS) is 11.8. The van der Waals surface area contributed by atoms with E-state index in [2.05, 4.69) is 13.8 Å². The molecule has 23 heavy (non-hydrogen) atoms. The van der Waals surface area contributed by atoms with Gasteiger partial charge in [0.05, 0.1) is 6.26 Å². The molecule has 0 aromatic heterocycles. The van der Waals surface area contributed by atoms with E-state index in [0.717, 1.165) is 11.8 Å². The van der Waals surface area contributed by atoms with Crippen LogP contribution in [-0.2, 0) is 21.5 Å². The molecule has 0 atom stereocenters. The predicted octanol–water partition coefficient (Wildman–Crippen LogP) is 3.06. The number of benzene rings is 1. The zero-order chi connectivity index (χ0) is 17.6. The summed E-state index contributed by atoms with van der Waals surface area (Å²) in [5.41, 5.74) is 0.851. The summed E-state index contributed by atoms with van der Waals surface area (Å²) in [5.74, 6) is 1.05. The summed E-state index contributed by atoms with van der Waals surface area (Å²) >= 11 is 0. The Morgan fingerprint density at radius 2 is 1.83 bits per heavy atom. The van der Waals surface area contributed by atoms with Crippen LogP contribution in [0.1, 0.15) is 39.7 Å². The molecular formula is C17H27NO4S. The van der Waals surface area contributed by atoms with Gasteiger partial charge in [-0.15, -0.1) is 0 Å². The SMILES string of the molecule is CC(C)CC(=O)N(Cc1cccc(OS(C)(=O)=O)c1)CC(C)C. The number of nitrogens with zero attached hydrogens (tertiary/aromatic N) is 1. The van der Waals surface area contributed by atoms with E-state index >= 15 is 0 Å². The van der Waals surface area contributed by atoms with Crippen molar-refractivity contribution in [1.82, 2.24) is 4.90 Å². The zero-order valence-corrected chi connectivity index (χ0v) is 15.4. The molecule has 0 aliphatic heterocycles. The fourth-order valence-corrected chi connectivity index (χ4v) is 2.72. The molecule has 0 radical (unpaired) electrons. The van der Waals surface area contributed by atoms with Gasteiger partial charge >= 0.3 is 10.1 Å². The van der Waals surface area contributed by atoms with Gasteiger partial charge in [0, 0.05) is 19.5 Å². The average Bonchev–Trinajstić information content (AvgIpc) is 2.34. The Balaban J connectivity index is 2.90. The van der Waals surface area contributed by atoms with Crippen molar-refractivity contribution in [2.75, 3.05) is 12.8 Å². The predicted molar refractivity (Wildman–Crippen MR) is 91.6 cm³/mol. The van der Waals surface area contributed by atoms with Gasteiger partial charge in [0.1, 0.15) is 5.75 Å². The maximum absolute atomic E-state index is 12.4. The lowest BCUT2D eigenvalue weighted by Crippen LogP contribution is -2.34. The van der Waals surface area contributed by atoms with Gasteiger partial charge in [-0.05, 0) is 29.5 Å². The summed E-state index contributed by atoms with van der Waals surface area (Å²) in [6.07, 6.45) is 1.52. The summed E-state index contributed by atoms with van der Waals surface area (Å²) in [5, 5.41) is 0. The number of carbonyl (C=O) groups excluding carboxylic acids is 1. The summed E-state index contributed by atoms with van der Waals surface area (Å²) in [6.45, 7) is 9.29. The van der Waals surface area contributed by atoms with Crippen LogP contribution in [0.25, 0.3) is 0 Å². The van der Waals surface area contributed by atoms with Crippen LogP contribution in [0.5, 0.6) is 5.75 Å². The minimum Gasteiger partial charge on any atom is -0.383 e. The molecule has 0 saturated carbocycles. The minimum absolute atomic E-state index is 0.114. The van der Waals surface area contributed by atoms with E-state index in [9.17, 15) is 13.2 Å². The third-order valence-electron chi connectivity index (χ3n) is 3.04. The summed E-state index contributed by atoms with van der Waals surface area (Å²) in [4.78, 5) is 14.2. The lowest BCUT2D eigenvalue weighted by molar-refractivity contribution is -0.133. The maximum Gasteiger partial charge on any atom is 0.306 e. The highest BCUT2D eigenvalue weighted by molar-refractivity contribution is 7.86. The van der Waals surface area contributed by atoms with E-state index in [4.69, 9.17) is 4.18 Å². The molecule has 1 amide bonds. The second-order valence-electron chi connectivity index (χ2n) is 6.70. The highest BCUT2D eigenvalue weighted by Gasteiger charge is 2.17. The van der Waals surface area contributed by atoms with Gasteiger partial charge in [0.25, 0.3) is 0 Å². The molecule has 1 aromatic carbocycles. The molecule has 0 fully saturated rings. The monoisotopic (exact) mass is 341 g/mol. The van der Waals surface area contributed by atoms with Crippen molar-refractivity contribution in [2.24, 2.45) is 11.8 Å². The smallest absolute Gasteiger partial charge is 0.306 e. The van der Waals surface area contributed by atoms with Crippen LogP contribution < -0.4 is 4.18 Å². The molecule has 0 heterocycles. The summed E-state index contributed by atoms with van der Waals surface area (Å²) in [7, 11) is -3.55. The Kier molecular flexibility index (Phi) is 7.06. The van der Waals surface area contributed by atoms with Crippen molar-refractivity contribution in [3.8, 4) is 5.75 Å². The molecule has 0 unspecified atom stereocenters. The first-order valence-electron chi connectivity index (χ1n) is 7.83. The standard InChI is InChI=1S/C17H27NO4S/c1-13(2)9-17(19)18(11-14(3)4)12-15-7-6-8-16(10-15)22-23(5,20)21/h6-8,10,13-14H,9,11-12H2,1-5H3. The molecule has 0 aliphatic carbocycles. The molecule has 0 saturated heterocycles. The van der Waals surface area contributed by atoms with E-state index in [1.807, 2.05) is 24.8 Å². The maximum atomic E-state index is 12.4. The van der Waals surface area contributed by atoms with E-state index in [0.29, 0.717) is 31.3 Å². The quantitative estimate of drug-likeness (QED) is 0.682. The van der Waals surface area contributed by atoms with Crippen LogP contribution in [0.4, 0.5) is 0 Å². The van der Waals surface area contributed by atoms with Crippen LogP contribution in [0.15, 0.2) is 24.3 Å². The zero-order valence-electron chi connectivity index (χ0n) is 14.6. The Morgan fingerprint density at radius 1 is 1.17 bits per heavy atom. The van der Waals surface area contributed by atoms with Crippen molar-refractivity contribution in [1.29, 1.82) is 0 Å². The highest BCUT2D eigenvalue weighted by atomic mass is 32.2. The fourth-order valence-electron chi connectivity index (χ4n) is 2.26. The van der Waals surface area contributed by atoms with E-state index in [1.165, 1.54) is 0 Å². The third kappa shape index (κ3) is 8.02. The Hall–Kier alpha value is -1.56. The van der Waals surface area contributed by atoms with Crippen molar-refractivity contribution in [2.45, 2.75) is 40.7 Å². The Morgan fingerprint density at radius 3 is 2.35 bits per heavy atom. The lowest BCUT2D eigenvalue weighted by Gasteiger charge is -2.25. The molecule has 0 N–H and O–H groups in total. The molecule has 1 rings (SSSR count). The van der Waals surface area contributed by atoms with Crippen molar-refractivity contribution in [3.05, 3.63) is 29.8 Å². The number of carbonyl (C=O) groups is 1. The van der Waals surface area contributed by atoms with Crippen molar-refractivity contribution < 1.29 is 17.4 Å². The first-order chi connectivity index (χ1) is 10.6. The third-order valence-corrected chi connectivity index (χ3v) is 3.54. The van der Waals surface area contributed by atoms with Crippen LogP contribution in [-0.4, -0.2) is 32.0 Å². The van der Waals surface area contributed by atoms with Crippen molar-refractivity contribution in [3.63, 3.8) is 0 Å².